The molecule has 0 rings (SSSR count). The van der Waals surface area contributed by atoms with E-state index in [1.807, 2.05) is 0 Å². The Morgan fingerprint density at radius 2 is 1.25 bits per heavy atom. The van der Waals surface area contributed by atoms with Gasteiger partial charge < -0.3 is 5.32 Å². The van der Waals surface area contributed by atoms with Gasteiger partial charge in [0, 0.05) is 18.6 Å². The van der Waals surface area contributed by atoms with Crippen LogP contribution in [0.15, 0.2) is 0 Å². The summed E-state index contributed by atoms with van der Waals surface area (Å²) in [5, 5.41) is 3.73. The van der Waals surface area contributed by atoms with Crippen LogP contribution in [-0.2, 0) is 0 Å². The molecule has 2 nitrogen and oxygen atoms in total. The van der Waals surface area contributed by atoms with Crippen LogP contribution in [0, 0.1) is 11.8 Å². The smallest absolute Gasteiger partial charge is 0.0192 e. The molecule has 0 fully saturated rings. The zero-order valence-corrected chi connectivity index (χ0v) is 15.2. The molecule has 0 radical (unpaired) electrons. The van der Waals surface area contributed by atoms with Gasteiger partial charge in [-0.25, -0.2) is 0 Å². The van der Waals surface area contributed by atoms with Crippen LogP contribution in [0.2, 0.25) is 0 Å². The standard InChI is InChI=1S/C18H40N2/c1-8-18(9-2)19-14-17(7)20(12-10-15(3)4)13-11-16(5)6/h15-19H,8-14H2,1-7H3. The zero-order chi connectivity index (χ0) is 15.5. The molecule has 0 aromatic rings. The Labute approximate surface area is 128 Å². The van der Waals surface area contributed by atoms with Crippen LogP contribution >= 0.6 is 0 Å². The van der Waals surface area contributed by atoms with Crippen LogP contribution in [0.25, 0.3) is 0 Å². The largest absolute Gasteiger partial charge is 0.312 e. The minimum atomic E-state index is 0.646. The third kappa shape index (κ3) is 9.77. The van der Waals surface area contributed by atoms with Crippen LogP contribution < -0.4 is 5.32 Å². The fourth-order valence-electron chi connectivity index (χ4n) is 2.44. The van der Waals surface area contributed by atoms with E-state index < -0.39 is 0 Å². The van der Waals surface area contributed by atoms with E-state index in [4.69, 9.17) is 0 Å². The summed E-state index contributed by atoms with van der Waals surface area (Å²) in [6.45, 7) is 19.9. The fourth-order valence-corrected chi connectivity index (χ4v) is 2.44. The average Bonchev–Trinajstić information content (AvgIpc) is 2.39. The minimum Gasteiger partial charge on any atom is -0.312 e. The lowest BCUT2D eigenvalue weighted by molar-refractivity contribution is 0.180. The first kappa shape index (κ1) is 19.9. The van der Waals surface area contributed by atoms with Gasteiger partial charge in [0.05, 0.1) is 0 Å². The summed E-state index contributed by atoms with van der Waals surface area (Å²) in [5.41, 5.74) is 0. The number of rotatable bonds is 12. The van der Waals surface area contributed by atoms with Crippen molar-refractivity contribution in [3.05, 3.63) is 0 Å². The summed E-state index contributed by atoms with van der Waals surface area (Å²) >= 11 is 0. The van der Waals surface area contributed by atoms with Crippen molar-refractivity contribution in [2.75, 3.05) is 19.6 Å². The van der Waals surface area contributed by atoms with Gasteiger partial charge in [0.25, 0.3) is 0 Å². The van der Waals surface area contributed by atoms with E-state index in [1.54, 1.807) is 0 Å². The molecule has 0 spiro atoms. The first-order chi connectivity index (χ1) is 9.40. The van der Waals surface area contributed by atoms with Crippen molar-refractivity contribution in [3.8, 4) is 0 Å². The van der Waals surface area contributed by atoms with E-state index in [-0.39, 0.29) is 0 Å². The number of hydrogen-bond donors (Lipinski definition) is 1. The van der Waals surface area contributed by atoms with Crippen LogP contribution in [0.4, 0.5) is 0 Å². The first-order valence-corrected chi connectivity index (χ1v) is 8.88. The topological polar surface area (TPSA) is 15.3 Å². The molecule has 0 aliphatic rings. The molecule has 1 atom stereocenters. The lowest BCUT2D eigenvalue weighted by atomic mass is 10.1. The lowest BCUT2D eigenvalue weighted by Crippen LogP contribution is -2.44. The predicted octanol–water partition coefficient (Wildman–Crippen LogP) is 4.55. The molecule has 0 bridgehead atoms. The Bertz CT molecular complexity index is 197. The van der Waals surface area contributed by atoms with Crippen molar-refractivity contribution in [3.63, 3.8) is 0 Å². The van der Waals surface area contributed by atoms with Crippen LogP contribution in [0.3, 0.4) is 0 Å². The highest BCUT2D eigenvalue weighted by atomic mass is 15.2. The second-order valence-electron chi connectivity index (χ2n) is 7.17. The summed E-state index contributed by atoms with van der Waals surface area (Å²) < 4.78 is 0. The van der Waals surface area contributed by atoms with E-state index in [0.717, 1.165) is 18.4 Å². The molecule has 0 aromatic carbocycles. The summed E-state index contributed by atoms with van der Waals surface area (Å²) in [5.74, 6) is 1.60. The second kappa shape index (κ2) is 11.6. The van der Waals surface area contributed by atoms with Crippen LogP contribution in [0.5, 0.6) is 0 Å². The molecular formula is C18H40N2. The molecule has 0 saturated heterocycles. The average molecular weight is 285 g/mol. The van der Waals surface area contributed by atoms with Crippen LogP contribution in [0.1, 0.15) is 74.1 Å². The molecule has 0 heterocycles. The summed E-state index contributed by atoms with van der Waals surface area (Å²) in [7, 11) is 0. The van der Waals surface area contributed by atoms with E-state index in [1.165, 1.54) is 38.8 Å². The third-order valence-electron chi connectivity index (χ3n) is 4.30. The Kier molecular flexibility index (Phi) is 11.5. The van der Waals surface area contributed by atoms with Gasteiger partial charge >= 0.3 is 0 Å². The molecular weight excluding hydrogens is 244 g/mol. The van der Waals surface area contributed by atoms with Gasteiger partial charge in [-0.3, -0.25) is 4.90 Å². The number of nitrogens with one attached hydrogen (secondary N) is 1. The van der Waals surface area contributed by atoms with E-state index >= 15 is 0 Å². The molecule has 0 aromatic heterocycles. The summed E-state index contributed by atoms with van der Waals surface area (Å²) in [6.07, 6.45) is 5.10. The van der Waals surface area contributed by atoms with Crippen molar-refractivity contribution in [1.82, 2.24) is 10.2 Å². The SMILES string of the molecule is CCC(CC)NCC(C)N(CCC(C)C)CCC(C)C. The normalized spacial score (nSPS) is 13.9. The van der Waals surface area contributed by atoms with Crippen molar-refractivity contribution in [1.29, 1.82) is 0 Å². The molecule has 0 aliphatic heterocycles. The summed E-state index contributed by atoms with van der Waals surface area (Å²) in [4.78, 5) is 2.69. The van der Waals surface area contributed by atoms with E-state index in [0.29, 0.717) is 12.1 Å². The van der Waals surface area contributed by atoms with Gasteiger partial charge in [0.2, 0.25) is 0 Å². The maximum absolute atomic E-state index is 3.73. The molecule has 20 heavy (non-hydrogen) atoms. The number of nitrogens with zero attached hydrogens (tertiary/aromatic N) is 1. The summed E-state index contributed by atoms with van der Waals surface area (Å²) in [6, 6.07) is 1.34. The molecule has 1 unspecified atom stereocenters. The number of hydrogen-bond acceptors (Lipinski definition) is 2. The van der Waals surface area contributed by atoms with Crippen molar-refractivity contribution < 1.29 is 0 Å². The second-order valence-corrected chi connectivity index (χ2v) is 7.17. The fraction of sp³-hybridized carbons (Fsp3) is 1.00. The van der Waals surface area contributed by atoms with Gasteiger partial charge in [-0.05, 0) is 57.5 Å². The van der Waals surface area contributed by atoms with Crippen molar-refractivity contribution >= 4 is 0 Å². The lowest BCUT2D eigenvalue weighted by Gasteiger charge is -2.31. The Morgan fingerprint density at radius 1 is 0.800 bits per heavy atom. The van der Waals surface area contributed by atoms with Crippen molar-refractivity contribution in [2.24, 2.45) is 11.8 Å². The Hall–Kier alpha value is -0.0800. The quantitative estimate of drug-likeness (QED) is 0.566. The highest BCUT2D eigenvalue weighted by Gasteiger charge is 2.15. The van der Waals surface area contributed by atoms with E-state index in [2.05, 4.69) is 58.7 Å². The monoisotopic (exact) mass is 284 g/mol. The minimum absolute atomic E-state index is 0.646. The van der Waals surface area contributed by atoms with Gasteiger partial charge in [-0.2, -0.15) is 0 Å². The van der Waals surface area contributed by atoms with Gasteiger partial charge in [-0.1, -0.05) is 41.5 Å². The highest BCUT2D eigenvalue weighted by Crippen LogP contribution is 2.10. The zero-order valence-electron chi connectivity index (χ0n) is 15.2. The van der Waals surface area contributed by atoms with Crippen molar-refractivity contribution in [2.45, 2.75) is 86.2 Å². The van der Waals surface area contributed by atoms with Crippen LogP contribution in [-0.4, -0.2) is 36.6 Å². The van der Waals surface area contributed by atoms with E-state index in [9.17, 15) is 0 Å². The molecule has 0 aliphatic carbocycles. The third-order valence-corrected chi connectivity index (χ3v) is 4.30. The molecule has 0 amide bonds. The van der Waals surface area contributed by atoms with Gasteiger partial charge in [-0.15, -0.1) is 0 Å². The molecule has 2 heteroatoms. The van der Waals surface area contributed by atoms with Gasteiger partial charge in [0.1, 0.15) is 0 Å². The molecule has 122 valence electrons. The molecule has 0 saturated carbocycles. The maximum atomic E-state index is 3.73. The molecule has 1 N–H and O–H groups in total. The highest BCUT2D eigenvalue weighted by molar-refractivity contribution is 4.73. The maximum Gasteiger partial charge on any atom is 0.0192 e. The predicted molar refractivity (Wildman–Crippen MR) is 92.3 cm³/mol. The van der Waals surface area contributed by atoms with Gasteiger partial charge in [0.15, 0.2) is 0 Å². The first-order valence-electron chi connectivity index (χ1n) is 8.88. The Morgan fingerprint density at radius 3 is 1.60 bits per heavy atom. The Balaban J connectivity index is 4.26.